The van der Waals surface area contributed by atoms with Gasteiger partial charge in [0.25, 0.3) is 5.91 Å². The molecule has 0 aromatic heterocycles. The summed E-state index contributed by atoms with van der Waals surface area (Å²) in [5, 5.41) is -0.0608. The van der Waals surface area contributed by atoms with Crippen molar-refractivity contribution in [3.8, 4) is 5.75 Å². The number of nitrogens with zero attached hydrogens (tertiary/aromatic N) is 1. The lowest BCUT2D eigenvalue weighted by molar-refractivity contribution is -0.113. The normalized spacial score (nSPS) is 15.9. The van der Waals surface area contributed by atoms with Gasteiger partial charge in [-0.15, -0.1) is 0 Å². The first-order valence-corrected chi connectivity index (χ1v) is 10.8. The molecule has 0 aliphatic carbocycles. The van der Waals surface area contributed by atoms with Crippen molar-refractivity contribution in [2.75, 3.05) is 12.0 Å². The lowest BCUT2D eigenvalue weighted by atomic mass is 10.2. The summed E-state index contributed by atoms with van der Waals surface area (Å²) in [6, 6.07) is 8.00. The molecule has 134 valence electrons. The molecule has 3 nitrogen and oxygen atoms in total. The lowest BCUT2D eigenvalue weighted by Gasteiger charge is -2.15. The highest BCUT2D eigenvalue weighted by atomic mass is 127. The smallest absolute Gasteiger partial charge is 0.270 e. The summed E-state index contributed by atoms with van der Waals surface area (Å²) in [4.78, 5) is 14.7. The van der Waals surface area contributed by atoms with Crippen molar-refractivity contribution in [3.05, 3.63) is 58.8 Å². The number of hydrogen-bond donors (Lipinski definition) is 0. The van der Waals surface area contributed by atoms with Gasteiger partial charge in [-0.05, 0) is 81.6 Å². The average Bonchev–Trinajstić information content (AvgIpc) is 2.84. The zero-order valence-corrected chi connectivity index (χ0v) is 19.8. The van der Waals surface area contributed by atoms with Gasteiger partial charge < -0.3 is 4.74 Å². The first-order valence-electron chi connectivity index (χ1n) is 7.08. The molecule has 1 saturated heterocycles. The van der Waals surface area contributed by atoms with Gasteiger partial charge in [-0.3, -0.25) is 9.69 Å². The maximum Gasteiger partial charge on any atom is 0.270 e. The van der Waals surface area contributed by atoms with Gasteiger partial charge in [-0.25, -0.2) is 4.39 Å². The predicted molar refractivity (Wildman–Crippen MR) is 125 cm³/mol. The Bertz CT molecular complexity index is 968. The van der Waals surface area contributed by atoms with E-state index in [1.807, 2.05) is 12.1 Å². The Morgan fingerprint density at radius 2 is 2.04 bits per heavy atom. The minimum absolute atomic E-state index is 0.0608. The van der Waals surface area contributed by atoms with E-state index < -0.39 is 5.82 Å². The fourth-order valence-electron chi connectivity index (χ4n) is 2.36. The van der Waals surface area contributed by atoms with Gasteiger partial charge in [0, 0.05) is 9.13 Å². The zero-order valence-electron chi connectivity index (χ0n) is 13.1. The van der Waals surface area contributed by atoms with Crippen molar-refractivity contribution < 1.29 is 13.9 Å². The highest BCUT2D eigenvalue weighted by molar-refractivity contribution is 14.1. The molecule has 3 rings (SSSR count). The van der Waals surface area contributed by atoms with E-state index in [0.717, 1.165) is 12.7 Å². The van der Waals surface area contributed by atoms with E-state index in [1.54, 1.807) is 13.2 Å². The molecule has 26 heavy (non-hydrogen) atoms. The maximum absolute atomic E-state index is 13.4. The van der Waals surface area contributed by atoms with Gasteiger partial charge in [0.05, 0.1) is 26.3 Å². The SMILES string of the molecule is COc1c(I)cc(I)cc1/C=C1/SC(=S)N(c2ccc(F)c(Cl)c2)C1=O. The number of carbonyl (C=O) groups is 1. The Morgan fingerprint density at radius 3 is 2.69 bits per heavy atom. The molecule has 0 atom stereocenters. The molecule has 1 aliphatic rings. The Labute approximate surface area is 191 Å². The third-order valence-corrected chi connectivity index (χ3v) is 6.50. The van der Waals surface area contributed by atoms with E-state index in [4.69, 9.17) is 28.6 Å². The molecule has 1 aliphatic heterocycles. The molecule has 0 radical (unpaired) electrons. The second kappa shape index (κ2) is 8.29. The number of carbonyl (C=O) groups excluding carboxylic acids is 1. The van der Waals surface area contributed by atoms with Crippen molar-refractivity contribution in [3.63, 3.8) is 0 Å². The molecule has 1 heterocycles. The highest BCUT2D eigenvalue weighted by Crippen LogP contribution is 2.39. The largest absolute Gasteiger partial charge is 0.495 e. The molecule has 0 spiro atoms. The molecule has 2 aromatic rings. The van der Waals surface area contributed by atoms with Gasteiger partial charge in [0.1, 0.15) is 11.6 Å². The minimum atomic E-state index is -0.547. The van der Waals surface area contributed by atoms with Crippen molar-refractivity contribution in [2.24, 2.45) is 0 Å². The number of methoxy groups -OCH3 is 1. The summed E-state index contributed by atoms with van der Waals surface area (Å²) in [6.07, 6.45) is 1.76. The Hall–Kier alpha value is -0.430. The van der Waals surface area contributed by atoms with Crippen molar-refractivity contribution in [1.29, 1.82) is 0 Å². The number of thiocarbonyl (C=S) groups is 1. The Morgan fingerprint density at radius 1 is 1.31 bits per heavy atom. The second-order valence-corrected chi connectivity index (χ2v) is 9.62. The van der Waals surface area contributed by atoms with Crippen LogP contribution in [0.1, 0.15) is 5.56 Å². The molecule has 1 amide bonds. The fraction of sp³-hybridized carbons (Fsp3) is 0.0588. The van der Waals surface area contributed by atoms with Crippen LogP contribution >= 0.6 is 80.8 Å². The molecule has 2 aromatic carbocycles. The third-order valence-electron chi connectivity index (χ3n) is 3.48. The zero-order chi connectivity index (χ0) is 19.0. The average molecular weight is 632 g/mol. The summed E-state index contributed by atoms with van der Waals surface area (Å²) < 4.78 is 21.2. The summed E-state index contributed by atoms with van der Waals surface area (Å²) in [6.45, 7) is 0. The van der Waals surface area contributed by atoms with Crippen LogP contribution in [0.2, 0.25) is 5.02 Å². The fourth-order valence-corrected chi connectivity index (χ4v) is 5.93. The number of anilines is 1. The van der Waals surface area contributed by atoms with E-state index in [9.17, 15) is 9.18 Å². The number of hydrogen-bond acceptors (Lipinski definition) is 4. The molecular weight excluding hydrogens is 623 g/mol. The van der Waals surface area contributed by atoms with Crippen LogP contribution in [-0.4, -0.2) is 17.3 Å². The van der Waals surface area contributed by atoms with Gasteiger partial charge in [-0.1, -0.05) is 35.6 Å². The minimum Gasteiger partial charge on any atom is -0.495 e. The number of benzene rings is 2. The summed E-state index contributed by atoms with van der Waals surface area (Å²) in [5.41, 5.74) is 1.23. The highest BCUT2D eigenvalue weighted by Gasteiger charge is 2.34. The van der Waals surface area contributed by atoms with Crippen LogP contribution in [0, 0.1) is 13.0 Å². The predicted octanol–water partition coefficient (Wildman–Crippen LogP) is 6.10. The van der Waals surface area contributed by atoms with Crippen LogP contribution in [0.3, 0.4) is 0 Å². The summed E-state index contributed by atoms with van der Waals surface area (Å²) in [5.74, 6) is -0.130. The van der Waals surface area contributed by atoms with Gasteiger partial charge in [0.15, 0.2) is 4.32 Å². The second-order valence-electron chi connectivity index (χ2n) is 5.13. The maximum atomic E-state index is 13.4. The van der Waals surface area contributed by atoms with Gasteiger partial charge >= 0.3 is 0 Å². The van der Waals surface area contributed by atoms with E-state index in [1.165, 1.54) is 34.9 Å². The molecule has 0 saturated carbocycles. The number of rotatable bonds is 3. The van der Waals surface area contributed by atoms with Crippen LogP contribution in [0.25, 0.3) is 6.08 Å². The Balaban J connectivity index is 2.01. The monoisotopic (exact) mass is 631 g/mol. The number of halogens is 4. The Kier molecular flexibility index (Phi) is 6.48. The van der Waals surface area contributed by atoms with Crippen LogP contribution < -0.4 is 9.64 Å². The molecule has 9 heteroatoms. The first kappa shape index (κ1) is 20.3. The van der Waals surface area contributed by atoms with E-state index in [2.05, 4.69) is 45.2 Å². The number of amides is 1. The standard InChI is InChI=1S/C17H9ClFI2NO2S2/c1-24-15-8(4-9(20)6-13(15)21)5-14-16(23)22(17(25)26-14)10-2-3-12(19)11(18)7-10/h2-7H,1H3/b14-5+. The number of ether oxygens (including phenoxy) is 1. The van der Waals surface area contributed by atoms with Crippen LogP contribution in [0.15, 0.2) is 35.2 Å². The third kappa shape index (κ3) is 4.03. The van der Waals surface area contributed by atoms with Crippen molar-refractivity contribution in [2.45, 2.75) is 0 Å². The summed E-state index contributed by atoms with van der Waals surface area (Å²) >= 11 is 16.8. The van der Waals surface area contributed by atoms with Gasteiger partial charge in [0.2, 0.25) is 0 Å². The van der Waals surface area contributed by atoms with Crippen LogP contribution in [-0.2, 0) is 4.79 Å². The van der Waals surface area contributed by atoms with E-state index >= 15 is 0 Å². The van der Waals surface area contributed by atoms with Crippen molar-refractivity contribution >= 4 is 103 Å². The van der Waals surface area contributed by atoms with Gasteiger partial charge in [-0.2, -0.15) is 0 Å². The molecule has 1 fully saturated rings. The molecule has 0 N–H and O–H groups in total. The quantitative estimate of drug-likeness (QED) is 0.233. The topological polar surface area (TPSA) is 29.5 Å². The molecule has 0 unspecified atom stereocenters. The van der Waals surface area contributed by atoms with Crippen LogP contribution in [0.4, 0.5) is 10.1 Å². The number of thioether (sulfide) groups is 1. The van der Waals surface area contributed by atoms with Crippen molar-refractivity contribution in [1.82, 2.24) is 0 Å². The van der Waals surface area contributed by atoms with Crippen LogP contribution in [0.5, 0.6) is 5.75 Å². The first-order chi connectivity index (χ1) is 12.3. The van der Waals surface area contributed by atoms with E-state index in [-0.39, 0.29) is 10.9 Å². The van der Waals surface area contributed by atoms with E-state index in [0.29, 0.717) is 20.7 Å². The summed E-state index contributed by atoms with van der Waals surface area (Å²) in [7, 11) is 1.59. The molecular formula is C17H9ClFI2NO2S2. The lowest BCUT2D eigenvalue weighted by Crippen LogP contribution is -2.27. The molecule has 0 bridgehead atoms.